The molecule has 17 heavy (non-hydrogen) atoms. The number of carbonyl (C=O) groups is 2. The Morgan fingerprint density at radius 1 is 1.24 bits per heavy atom. The van der Waals surface area contributed by atoms with Crippen LogP contribution in [0.15, 0.2) is 0 Å². The quantitative estimate of drug-likeness (QED) is 0.646. The Bertz CT molecular complexity index is 258. The molecule has 0 saturated carbocycles. The van der Waals surface area contributed by atoms with E-state index in [4.69, 9.17) is 9.47 Å². The molecule has 0 aromatic heterocycles. The smallest absolute Gasteiger partial charge is 0.350 e. The third-order valence-corrected chi connectivity index (χ3v) is 2.43. The molecule has 0 heterocycles. The van der Waals surface area contributed by atoms with Gasteiger partial charge in [0.25, 0.3) is 0 Å². The van der Waals surface area contributed by atoms with Gasteiger partial charge >= 0.3 is 11.9 Å². The predicted molar refractivity (Wildman–Crippen MR) is 65.5 cm³/mol. The summed E-state index contributed by atoms with van der Waals surface area (Å²) < 4.78 is 10.2. The van der Waals surface area contributed by atoms with Gasteiger partial charge in [0, 0.05) is 6.42 Å². The maximum atomic E-state index is 11.7. The van der Waals surface area contributed by atoms with Gasteiger partial charge in [-0.2, -0.15) is 0 Å². The normalized spacial score (nSPS) is 13.0. The topological polar surface area (TPSA) is 52.6 Å². The molecule has 1 unspecified atom stereocenters. The number of esters is 2. The van der Waals surface area contributed by atoms with Crippen LogP contribution in [0.1, 0.15) is 53.9 Å². The summed E-state index contributed by atoms with van der Waals surface area (Å²) in [7, 11) is 0. The zero-order valence-corrected chi connectivity index (χ0v) is 11.5. The lowest BCUT2D eigenvalue weighted by Crippen LogP contribution is -2.39. The molecule has 0 aliphatic carbocycles. The lowest BCUT2D eigenvalue weighted by atomic mass is 10.1. The highest BCUT2D eigenvalue weighted by Crippen LogP contribution is 2.14. The van der Waals surface area contributed by atoms with E-state index < -0.39 is 17.5 Å². The van der Waals surface area contributed by atoms with Gasteiger partial charge in [-0.1, -0.05) is 27.2 Å². The summed E-state index contributed by atoms with van der Waals surface area (Å²) >= 11 is 0. The van der Waals surface area contributed by atoms with E-state index in [2.05, 4.69) is 6.92 Å². The van der Waals surface area contributed by atoms with Crippen LogP contribution >= 0.6 is 0 Å². The van der Waals surface area contributed by atoms with E-state index >= 15 is 0 Å². The van der Waals surface area contributed by atoms with E-state index in [1.807, 2.05) is 6.92 Å². The SMILES string of the molecule is CCCC(C)COC(=O)C(C)(C)OC(=O)CC. The molecule has 0 rings (SSSR count). The lowest BCUT2D eigenvalue weighted by Gasteiger charge is -2.23. The molecule has 0 saturated heterocycles. The van der Waals surface area contributed by atoms with Gasteiger partial charge < -0.3 is 9.47 Å². The summed E-state index contributed by atoms with van der Waals surface area (Å²) in [6, 6.07) is 0. The summed E-state index contributed by atoms with van der Waals surface area (Å²) in [5.74, 6) is -0.544. The summed E-state index contributed by atoms with van der Waals surface area (Å²) in [6.07, 6.45) is 2.33. The van der Waals surface area contributed by atoms with Crippen LogP contribution in [-0.4, -0.2) is 24.1 Å². The van der Waals surface area contributed by atoms with Crippen LogP contribution in [-0.2, 0) is 19.1 Å². The van der Waals surface area contributed by atoms with Crippen LogP contribution in [0.4, 0.5) is 0 Å². The molecule has 0 amide bonds. The molecular formula is C13H24O4. The molecule has 0 aliphatic rings. The fraction of sp³-hybridized carbons (Fsp3) is 0.846. The molecule has 0 radical (unpaired) electrons. The third kappa shape index (κ3) is 6.29. The molecule has 0 aliphatic heterocycles. The highest BCUT2D eigenvalue weighted by atomic mass is 16.6. The van der Waals surface area contributed by atoms with Crippen LogP contribution in [0.5, 0.6) is 0 Å². The van der Waals surface area contributed by atoms with Crippen LogP contribution in [0.25, 0.3) is 0 Å². The maximum Gasteiger partial charge on any atom is 0.350 e. The first kappa shape index (κ1) is 15.9. The number of hydrogen-bond acceptors (Lipinski definition) is 4. The third-order valence-electron chi connectivity index (χ3n) is 2.43. The number of carbonyl (C=O) groups excluding carboxylic acids is 2. The molecule has 0 aromatic carbocycles. The van der Waals surface area contributed by atoms with Crippen LogP contribution in [0, 0.1) is 5.92 Å². The number of ether oxygens (including phenoxy) is 2. The molecule has 0 fully saturated rings. The van der Waals surface area contributed by atoms with Crippen molar-refractivity contribution in [2.75, 3.05) is 6.61 Å². The summed E-state index contributed by atoms with van der Waals surface area (Å²) in [5.41, 5.74) is -1.20. The van der Waals surface area contributed by atoms with Crippen molar-refractivity contribution in [3.05, 3.63) is 0 Å². The van der Waals surface area contributed by atoms with E-state index in [0.29, 0.717) is 12.5 Å². The van der Waals surface area contributed by atoms with E-state index in [1.165, 1.54) is 0 Å². The Morgan fingerprint density at radius 3 is 2.29 bits per heavy atom. The minimum Gasteiger partial charge on any atom is -0.462 e. The Balaban J connectivity index is 4.15. The zero-order valence-electron chi connectivity index (χ0n) is 11.5. The molecule has 0 spiro atoms. The van der Waals surface area contributed by atoms with Crippen LogP contribution in [0.2, 0.25) is 0 Å². The Labute approximate surface area is 104 Å². The van der Waals surface area contributed by atoms with Gasteiger partial charge in [-0.05, 0) is 26.2 Å². The monoisotopic (exact) mass is 244 g/mol. The summed E-state index contributed by atoms with van der Waals surface area (Å²) in [5, 5.41) is 0. The molecule has 100 valence electrons. The van der Waals surface area contributed by atoms with E-state index in [9.17, 15) is 9.59 Å². The first-order valence-electron chi connectivity index (χ1n) is 6.22. The molecule has 1 atom stereocenters. The van der Waals surface area contributed by atoms with Crippen molar-refractivity contribution in [2.24, 2.45) is 5.92 Å². The average Bonchev–Trinajstić information content (AvgIpc) is 2.25. The highest BCUT2D eigenvalue weighted by molar-refractivity contribution is 5.82. The van der Waals surface area contributed by atoms with Gasteiger partial charge in [-0.15, -0.1) is 0 Å². The molecule has 4 heteroatoms. The van der Waals surface area contributed by atoms with Crippen molar-refractivity contribution < 1.29 is 19.1 Å². The molecule has 4 nitrogen and oxygen atoms in total. The van der Waals surface area contributed by atoms with Crippen molar-refractivity contribution >= 4 is 11.9 Å². The second kappa shape index (κ2) is 7.30. The van der Waals surface area contributed by atoms with E-state index in [1.54, 1.807) is 20.8 Å². The second-order valence-electron chi connectivity index (χ2n) is 4.83. The molecular weight excluding hydrogens is 220 g/mol. The van der Waals surface area contributed by atoms with Crippen molar-refractivity contribution in [1.29, 1.82) is 0 Å². The van der Waals surface area contributed by atoms with E-state index in [0.717, 1.165) is 12.8 Å². The first-order valence-corrected chi connectivity index (χ1v) is 6.22. The van der Waals surface area contributed by atoms with Crippen LogP contribution in [0.3, 0.4) is 0 Å². The minimum atomic E-state index is -1.20. The van der Waals surface area contributed by atoms with Crippen molar-refractivity contribution in [1.82, 2.24) is 0 Å². The van der Waals surface area contributed by atoms with Crippen molar-refractivity contribution in [3.8, 4) is 0 Å². The van der Waals surface area contributed by atoms with Gasteiger partial charge in [0.1, 0.15) is 0 Å². The number of rotatable bonds is 7. The maximum absolute atomic E-state index is 11.7. The van der Waals surface area contributed by atoms with Gasteiger partial charge in [0.05, 0.1) is 6.61 Å². The number of hydrogen-bond donors (Lipinski definition) is 0. The van der Waals surface area contributed by atoms with Gasteiger partial charge in [-0.3, -0.25) is 4.79 Å². The van der Waals surface area contributed by atoms with Gasteiger partial charge in [-0.25, -0.2) is 4.79 Å². The van der Waals surface area contributed by atoms with E-state index in [-0.39, 0.29) is 6.42 Å². The average molecular weight is 244 g/mol. The second-order valence-corrected chi connectivity index (χ2v) is 4.83. The van der Waals surface area contributed by atoms with Crippen molar-refractivity contribution in [2.45, 2.75) is 59.5 Å². The Morgan fingerprint density at radius 2 is 1.82 bits per heavy atom. The van der Waals surface area contributed by atoms with Gasteiger partial charge in [0.2, 0.25) is 5.60 Å². The standard InChI is InChI=1S/C13H24O4/c1-6-8-10(3)9-16-12(15)13(4,5)17-11(14)7-2/h10H,6-9H2,1-5H3. The summed E-state index contributed by atoms with van der Waals surface area (Å²) in [4.78, 5) is 22.9. The Hall–Kier alpha value is -1.06. The molecule has 0 N–H and O–H groups in total. The van der Waals surface area contributed by atoms with Gasteiger partial charge in [0.15, 0.2) is 0 Å². The fourth-order valence-electron chi connectivity index (χ4n) is 1.37. The molecule has 0 aromatic rings. The highest BCUT2D eigenvalue weighted by Gasteiger charge is 2.33. The lowest BCUT2D eigenvalue weighted by molar-refractivity contribution is -0.179. The van der Waals surface area contributed by atoms with Crippen molar-refractivity contribution in [3.63, 3.8) is 0 Å². The summed E-state index contributed by atoms with van der Waals surface area (Å²) in [6.45, 7) is 9.28. The predicted octanol–water partition coefficient (Wildman–Crippen LogP) is 2.70. The molecule has 0 bridgehead atoms. The Kier molecular flexibility index (Phi) is 6.85. The zero-order chi connectivity index (χ0) is 13.5. The largest absolute Gasteiger partial charge is 0.462 e. The van der Waals surface area contributed by atoms with Crippen LogP contribution < -0.4 is 0 Å². The fourth-order valence-corrected chi connectivity index (χ4v) is 1.37. The minimum absolute atomic E-state index is 0.253. The first-order chi connectivity index (χ1) is 7.83.